The number of benzene rings is 3. The Balaban J connectivity index is 2.02. The second kappa shape index (κ2) is 12.3. The van der Waals surface area contributed by atoms with Crippen molar-refractivity contribution in [3.63, 3.8) is 0 Å². The number of aryl methyl sites for hydroxylation is 1. The Kier molecular flexibility index (Phi) is 9.45. The molecule has 3 aromatic rings. The van der Waals surface area contributed by atoms with Gasteiger partial charge < -0.3 is 10.2 Å². The lowest BCUT2D eigenvalue weighted by molar-refractivity contribution is -0.139. The summed E-state index contributed by atoms with van der Waals surface area (Å²) in [4.78, 5) is 27.8. The molecule has 2 amide bonds. The summed E-state index contributed by atoms with van der Waals surface area (Å²) < 4.78 is 42.7. The van der Waals surface area contributed by atoms with Gasteiger partial charge in [0, 0.05) is 17.6 Å². The fourth-order valence-corrected chi connectivity index (χ4v) is 5.57. The molecule has 0 aromatic heterocycles. The predicted octanol–water partition coefficient (Wildman–Crippen LogP) is 4.65. The Morgan fingerprint density at radius 3 is 2.27 bits per heavy atom. The molecule has 0 fully saturated rings. The summed E-state index contributed by atoms with van der Waals surface area (Å²) >= 11 is 3.41. The minimum atomic E-state index is -4.19. The molecule has 0 heterocycles. The van der Waals surface area contributed by atoms with Gasteiger partial charge in [0.15, 0.2) is 0 Å². The quantitative estimate of drug-likeness (QED) is 0.373. The van der Waals surface area contributed by atoms with Crippen molar-refractivity contribution >= 4 is 43.5 Å². The smallest absolute Gasteiger partial charge is 0.264 e. The monoisotopic (exact) mass is 589 g/mol. The largest absolute Gasteiger partial charge is 0.355 e. The molecule has 1 atom stereocenters. The molecular weight excluding hydrogens is 561 g/mol. The van der Waals surface area contributed by atoms with Gasteiger partial charge in [-0.3, -0.25) is 13.9 Å². The first kappa shape index (κ1) is 28.3. The van der Waals surface area contributed by atoms with Crippen LogP contribution in [0.15, 0.2) is 82.2 Å². The van der Waals surface area contributed by atoms with E-state index >= 15 is 0 Å². The minimum absolute atomic E-state index is 0.00876. The lowest BCUT2D eigenvalue weighted by Gasteiger charge is -2.32. The van der Waals surface area contributed by atoms with Crippen molar-refractivity contribution < 1.29 is 22.4 Å². The Hall–Kier alpha value is -3.24. The first-order chi connectivity index (χ1) is 17.5. The van der Waals surface area contributed by atoms with Gasteiger partial charge in [0.2, 0.25) is 11.8 Å². The third-order valence-electron chi connectivity index (χ3n) is 5.76. The van der Waals surface area contributed by atoms with Crippen LogP contribution in [0.5, 0.6) is 0 Å². The van der Waals surface area contributed by atoms with Gasteiger partial charge in [0.25, 0.3) is 10.0 Å². The highest BCUT2D eigenvalue weighted by Crippen LogP contribution is 2.25. The molecule has 10 heteroatoms. The van der Waals surface area contributed by atoms with E-state index in [1.165, 1.54) is 29.2 Å². The average Bonchev–Trinajstić information content (AvgIpc) is 2.86. The number of hydrogen-bond donors (Lipinski definition) is 1. The maximum absolute atomic E-state index is 13.7. The molecule has 0 aliphatic heterocycles. The third kappa shape index (κ3) is 7.17. The van der Waals surface area contributed by atoms with Crippen LogP contribution in [0.1, 0.15) is 25.0 Å². The molecule has 0 aliphatic rings. The molecule has 37 heavy (non-hydrogen) atoms. The van der Waals surface area contributed by atoms with Crippen molar-refractivity contribution in [2.45, 2.75) is 38.3 Å². The number of rotatable bonds is 10. The lowest BCUT2D eigenvalue weighted by Crippen LogP contribution is -2.51. The molecule has 0 saturated carbocycles. The fraction of sp³-hybridized carbons (Fsp3) is 0.259. The number of amides is 2. The first-order valence-electron chi connectivity index (χ1n) is 11.7. The predicted molar refractivity (Wildman–Crippen MR) is 145 cm³/mol. The van der Waals surface area contributed by atoms with Crippen LogP contribution in [-0.4, -0.2) is 44.3 Å². The highest BCUT2D eigenvalue weighted by atomic mass is 79.9. The molecule has 0 bridgehead atoms. The Labute approximate surface area is 225 Å². The number of halogens is 2. The molecule has 0 aliphatic carbocycles. The van der Waals surface area contributed by atoms with E-state index < -0.39 is 34.3 Å². The van der Waals surface area contributed by atoms with Gasteiger partial charge in [-0.2, -0.15) is 0 Å². The van der Waals surface area contributed by atoms with Crippen molar-refractivity contribution in [3.05, 3.63) is 94.2 Å². The number of carbonyl (C=O) groups is 2. The summed E-state index contributed by atoms with van der Waals surface area (Å²) in [5, 5.41) is 2.71. The van der Waals surface area contributed by atoms with Gasteiger partial charge in [-0.05, 0) is 74.9 Å². The molecule has 7 nitrogen and oxygen atoms in total. The topological polar surface area (TPSA) is 86.8 Å². The number of hydrogen-bond acceptors (Lipinski definition) is 4. The Bertz CT molecular complexity index is 1350. The molecule has 0 saturated heterocycles. The lowest BCUT2D eigenvalue weighted by atomic mass is 10.1. The average molecular weight is 591 g/mol. The van der Waals surface area contributed by atoms with Crippen LogP contribution >= 0.6 is 15.9 Å². The van der Waals surface area contributed by atoms with Crippen LogP contribution in [0.25, 0.3) is 0 Å². The molecule has 3 rings (SSSR count). The summed E-state index contributed by atoms with van der Waals surface area (Å²) in [6, 6.07) is 17.5. The number of anilines is 1. The summed E-state index contributed by atoms with van der Waals surface area (Å²) in [5.41, 5.74) is 1.76. The van der Waals surface area contributed by atoms with E-state index in [9.17, 15) is 22.4 Å². The maximum Gasteiger partial charge on any atom is 0.264 e. The second-order valence-electron chi connectivity index (χ2n) is 8.52. The van der Waals surface area contributed by atoms with Crippen LogP contribution in [0.3, 0.4) is 0 Å². The van der Waals surface area contributed by atoms with Gasteiger partial charge >= 0.3 is 0 Å². The number of sulfonamides is 1. The first-order valence-corrected chi connectivity index (χ1v) is 13.9. The van der Waals surface area contributed by atoms with Crippen molar-refractivity contribution in [2.24, 2.45) is 0 Å². The molecule has 196 valence electrons. The van der Waals surface area contributed by atoms with Crippen LogP contribution in [0, 0.1) is 12.7 Å². The van der Waals surface area contributed by atoms with E-state index in [0.717, 1.165) is 32.0 Å². The van der Waals surface area contributed by atoms with Crippen molar-refractivity contribution in [1.82, 2.24) is 10.2 Å². The van der Waals surface area contributed by atoms with Gasteiger partial charge in [0.05, 0.1) is 10.6 Å². The molecule has 0 radical (unpaired) electrons. The fourth-order valence-electron chi connectivity index (χ4n) is 3.71. The Morgan fingerprint density at radius 2 is 1.68 bits per heavy atom. The van der Waals surface area contributed by atoms with Crippen LogP contribution in [0.4, 0.5) is 10.1 Å². The van der Waals surface area contributed by atoms with E-state index in [1.54, 1.807) is 26.0 Å². The zero-order chi connectivity index (χ0) is 27.2. The highest BCUT2D eigenvalue weighted by molar-refractivity contribution is 9.10. The highest BCUT2D eigenvalue weighted by Gasteiger charge is 2.32. The summed E-state index contributed by atoms with van der Waals surface area (Å²) in [6.07, 6.45) is 0. The van der Waals surface area contributed by atoms with E-state index in [0.29, 0.717) is 6.54 Å². The van der Waals surface area contributed by atoms with Crippen molar-refractivity contribution in [1.29, 1.82) is 0 Å². The second-order valence-corrected chi connectivity index (χ2v) is 11.3. The minimum Gasteiger partial charge on any atom is -0.355 e. The van der Waals surface area contributed by atoms with Gasteiger partial charge in [-0.1, -0.05) is 45.8 Å². The van der Waals surface area contributed by atoms with E-state index in [1.807, 2.05) is 31.2 Å². The van der Waals surface area contributed by atoms with Crippen LogP contribution in [-0.2, 0) is 26.2 Å². The molecule has 0 spiro atoms. The van der Waals surface area contributed by atoms with Gasteiger partial charge in [-0.15, -0.1) is 0 Å². The Morgan fingerprint density at radius 1 is 1.03 bits per heavy atom. The number of nitrogens with zero attached hydrogens (tertiary/aromatic N) is 2. The zero-order valence-electron chi connectivity index (χ0n) is 20.8. The van der Waals surface area contributed by atoms with E-state index in [2.05, 4.69) is 21.2 Å². The van der Waals surface area contributed by atoms with Crippen molar-refractivity contribution in [2.75, 3.05) is 17.4 Å². The van der Waals surface area contributed by atoms with Gasteiger partial charge in [-0.25, -0.2) is 12.8 Å². The van der Waals surface area contributed by atoms with E-state index in [4.69, 9.17) is 0 Å². The number of carbonyl (C=O) groups excluding carboxylic acids is 2. The zero-order valence-corrected chi connectivity index (χ0v) is 23.2. The maximum atomic E-state index is 13.7. The summed E-state index contributed by atoms with van der Waals surface area (Å²) in [6.45, 7) is 5.08. The standard InChI is InChI=1S/C27H29BrFN3O4S/c1-4-30-27(34)20(3)31(17-21-6-5-7-22(28)16-21)26(33)18-32(24-12-10-23(29)11-13-24)37(35,36)25-14-8-19(2)9-15-25/h5-16,20H,4,17-18H2,1-3H3,(H,30,34)/t20-/m1/s1. The SMILES string of the molecule is CCNC(=O)[C@@H](C)N(Cc1cccc(Br)c1)C(=O)CN(c1ccc(F)cc1)S(=O)(=O)c1ccc(C)cc1. The summed E-state index contributed by atoms with van der Waals surface area (Å²) in [7, 11) is -4.19. The van der Waals surface area contributed by atoms with E-state index in [-0.39, 0.29) is 23.0 Å². The van der Waals surface area contributed by atoms with Crippen molar-refractivity contribution in [3.8, 4) is 0 Å². The number of nitrogens with one attached hydrogen (secondary N) is 1. The normalized spacial score (nSPS) is 12.0. The molecule has 1 N–H and O–H groups in total. The molecular formula is C27H29BrFN3O4S. The molecule has 3 aromatic carbocycles. The van der Waals surface area contributed by atoms with Crippen LogP contribution in [0.2, 0.25) is 0 Å². The van der Waals surface area contributed by atoms with Gasteiger partial charge in [0.1, 0.15) is 18.4 Å². The third-order valence-corrected chi connectivity index (χ3v) is 8.04. The summed E-state index contributed by atoms with van der Waals surface area (Å²) in [5.74, 6) is -1.48. The van der Waals surface area contributed by atoms with Crippen LogP contribution < -0.4 is 9.62 Å². The molecule has 0 unspecified atom stereocenters. The number of likely N-dealkylation sites (N-methyl/N-ethyl adjacent to an activating group) is 1.